The molecule has 0 radical (unpaired) electrons. The van der Waals surface area contributed by atoms with E-state index in [2.05, 4.69) is 29.2 Å². The number of rotatable bonds is 6. The molecule has 0 unspecified atom stereocenters. The number of esters is 1. The number of nitrogens with one attached hydrogen (secondary N) is 2. The quantitative estimate of drug-likeness (QED) is 0.585. The SMILES string of the molecule is COC(=O)c1ccc(NCCNC(C)C)cc1. The Morgan fingerprint density at radius 1 is 1.24 bits per heavy atom. The van der Waals surface area contributed by atoms with E-state index in [1.807, 2.05) is 12.1 Å². The molecule has 4 heteroatoms. The van der Waals surface area contributed by atoms with Crippen molar-refractivity contribution in [1.29, 1.82) is 0 Å². The fraction of sp³-hybridized carbons (Fsp3) is 0.462. The van der Waals surface area contributed by atoms with E-state index in [-0.39, 0.29) is 5.97 Å². The molecule has 0 aliphatic carbocycles. The maximum Gasteiger partial charge on any atom is 0.337 e. The Balaban J connectivity index is 2.38. The van der Waals surface area contributed by atoms with Crippen LogP contribution in [0, 0.1) is 0 Å². The monoisotopic (exact) mass is 236 g/mol. The number of benzene rings is 1. The van der Waals surface area contributed by atoms with Crippen molar-refractivity contribution >= 4 is 11.7 Å². The van der Waals surface area contributed by atoms with Crippen LogP contribution in [0.5, 0.6) is 0 Å². The predicted molar refractivity (Wildman–Crippen MR) is 69.4 cm³/mol. The number of carbonyl (C=O) groups is 1. The van der Waals surface area contributed by atoms with Crippen LogP contribution in [0.1, 0.15) is 24.2 Å². The lowest BCUT2D eigenvalue weighted by atomic mass is 10.2. The van der Waals surface area contributed by atoms with E-state index in [1.165, 1.54) is 7.11 Å². The van der Waals surface area contributed by atoms with Crippen LogP contribution in [0.15, 0.2) is 24.3 Å². The highest BCUT2D eigenvalue weighted by atomic mass is 16.5. The minimum atomic E-state index is -0.307. The van der Waals surface area contributed by atoms with Crippen LogP contribution in [0.2, 0.25) is 0 Å². The topological polar surface area (TPSA) is 50.4 Å². The highest BCUT2D eigenvalue weighted by Crippen LogP contribution is 2.09. The van der Waals surface area contributed by atoms with Gasteiger partial charge in [0, 0.05) is 24.8 Å². The molecule has 0 aliphatic rings. The molecule has 2 N–H and O–H groups in total. The average Bonchev–Trinajstić information content (AvgIpc) is 2.34. The molecule has 1 aromatic rings. The van der Waals surface area contributed by atoms with Crippen molar-refractivity contribution in [2.75, 3.05) is 25.5 Å². The van der Waals surface area contributed by atoms with Crippen LogP contribution in [0.25, 0.3) is 0 Å². The molecular formula is C13H20N2O2. The first-order valence-corrected chi connectivity index (χ1v) is 5.79. The molecule has 17 heavy (non-hydrogen) atoms. The summed E-state index contributed by atoms with van der Waals surface area (Å²) >= 11 is 0. The van der Waals surface area contributed by atoms with E-state index in [0.29, 0.717) is 11.6 Å². The number of hydrogen-bond donors (Lipinski definition) is 2. The molecule has 0 aromatic heterocycles. The summed E-state index contributed by atoms with van der Waals surface area (Å²) in [6.07, 6.45) is 0. The van der Waals surface area contributed by atoms with E-state index in [9.17, 15) is 4.79 Å². The highest BCUT2D eigenvalue weighted by Gasteiger charge is 2.03. The van der Waals surface area contributed by atoms with E-state index in [1.54, 1.807) is 12.1 Å². The zero-order chi connectivity index (χ0) is 12.7. The van der Waals surface area contributed by atoms with Crippen molar-refractivity contribution in [3.05, 3.63) is 29.8 Å². The summed E-state index contributed by atoms with van der Waals surface area (Å²) in [5.41, 5.74) is 1.57. The normalized spacial score (nSPS) is 10.4. The van der Waals surface area contributed by atoms with Gasteiger partial charge in [0.05, 0.1) is 12.7 Å². The Morgan fingerprint density at radius 2 is 1.88 bits per heavy atom. The molecule has 0 spiro atoms. The Kier molecular flexibility index (Phi) is 5.49. The van der Waals surface area contributed by atoms with Gasteiger partial charge in [-0.15, -0.1) is 0 Å². The second-order valence-electron chi connectivity index (χ2n) is 4.10. The third-order valence-corrected chi connectivity index (χ3v) is 2.31. The first kappa shape index (κ1) is 13.5. The molecule has 0 fully saturated rings. The lowest BCUT2D eigenvalue weighted by Crippen LogP contribution is -2.28. The smallest absolute Gasteiger partial charge is 0.337 e. The van der Waals surface area contributed by atoms with Crippen molar-refractivity contribution in [1.82, 2.24) is 5.32 Å². The molecular weight excluding hydrogens is 216 g/mol. The molecule has 1 aromatic carbocycles. The summed E-state index contributed by atoms with van der Waals surface area (Å²) in [6, 6.07) is 7.76. The van der Waals surface area contributed by atoms with Crippen molar-refractivity contribution in [3.8, 4) is 0 Å². The molecule has 0 saturated heterocycles. The zero-order valence-electron chi connectivity index (χ0n) is 10.6. The summed E-state index contributed by atoms with van der Waals surface area (Å²) in [6.45, 7) is 6.00. The van der Waals surface area contributed by atoms with Crippen LogP contribution in [-0.2, 0) is 4.74 Å². The van der Waals surface area contributed by atoms with Gasteiger partial charge in [0.25, 0.3) is 0 Å². The molecule has 0 aliphatic heterocycles. The second kappa shape index (κ2) is 6.91. The van der Waals surface area contributed by atoms with Crippen LogP contribution >= 0.6 is 0 Å². The van der Waals surface area contributed by atoms with Gasteiger partial charge < -0.3 is 15.4 Å². The van der Waals surface area contributed by atoms with Gasteiger partial charge in [-0.1, -0.05) is 13.8 Å². The maximum atomic E-state index is 11.2. The molecule has 1 rings (SSSR count). The number of methoxy groups -OCH3 is 1. The summed E-state index contributed by atoms with van der Waals surface area (Å²) in [5, 5.41) is 6.59. The van der Waals surface area contributed by atoms with Crippen LogP contribution in [0.4, 0.5) is 5.69 Å². The third-order valence-electron chi connectivity index (χ3n) is 2.31. The molecule has 0 heterocycles. The molecule has 0 bridgehead atoms. The van der Waals surface area contributed by atoms with Gasteiger partial charge in [0.15, 0.2) is 0 Å². The van der Waals surface area contributed by atoms with Crippen molar-refractivity contribution in [2.45, 2.75) is 19.9 Å². The zero-order valence-corrected chi connectivity index (χ0v) is 10.6. The lowest BCUT2D eigenvalue weighted by Gasteiger charge is -2.10. The minimum Gasteiger partial charge on any atom is -0.465 e. The first-order chi connectivity index (χ1) is 8.13. The molecule has 0 saturated carbocycles. The average molecular weight is 236 g/mol. The van der Waals surface area contributed by atoms with Gasteiger partial charge in [-0.05, 0) is 24.3 Å². The molecule has 0 atom stereocenters. The minimum absolute atomic E-state index is 0.307. The molecule has 94 valence electrons. The van der Waals surface area contributed by atoms with E-state index in [0.717, 1.165) is 18.8 Å². The fourth-order valence-electron chi connectivity index (χ4n) is 1.41. The summed E-state index contributed by atoms with van der Waals surface area (Å²) < 4.78 is 4.63. The van der Waals surface area contributed by atoms with E-state index in [4.69, 9.17) is 0 Å². The van der Waals surface area contributed by atoms with Crippen molar-refractivity contribution in [2.24, 2.45) is 0 Å². The van der Waals surface area contributed by atoms with Crippen LogP contribution in [0.3, 0.4) is 0 Å². The number of anilines is 1. The first-order valence-electron chi connectivity index (χ1n) is 5.79. The third kappa shape index (κ3) is 4.87. The largest absolute Gasteiger partial charge is 0.465 e. The Hall–Kier alpha value is -1.55. The molecule has 0 amide bonds. The van der Waals surface area contributed by atoms with Crippen LogP contribution in [-0.4, -0.2) is 32.2 Å². The fourth-order valence-corrected chi connectivity index (χ4v) is 1.41. The molecule has 4 nitrogen and oxygen atoms in total. The van der Waals surface area contributed by atoms with E-state index >= 15 is 0 Å². The Labute approximate surface area is 102 Å². The Bertz CT molecular complexity index is 347. The predicted octanol–water partition coefficient (Wildman–Crippen LogP) is 1.88. The van der Waals surface area contributed by atoms with Crippen molar-refractivity contribution in [3.63, 3.8) is 0 Å². The van der Waals surface area contributed by atoms with Gasteiger partial charge in [-0.3, -0.25) is 0 Å². The van der Waals surface area contributed by atoms with Gasteiger partial charge in [0.1, 0.15) is 0 Å². The maximum absolute atomic E-state index is 11.2. The van der Waals surface area contributed by atoms with Crippen LogP contribution < -0.4 is 10.6 Å². The number of hydrogen-bond acceptors (Lipinski definition) is 4. The number of ether oxygens (including phenoxy) is 1. The van der Waals surface area contributed by atoms with E-state index < -0.39 is 0 Å². The van der Waals surface area contributed by atoms with Gasteiger partial charge in [-0.2, -0.15) is 0 Å². The summed E-state index contributed by atoms with van der Waals surface area (Å²) in [4.78, 5) is 11.2. The Morgan fingerprint density at radius 3 is 2.41 bits per heavy atom. The van der Waals surface area contributed by atoms with Gasteiger partial charge in [0.2, 0.25) is 0 Å². The van der Waals surface area contributed by atoms with Gasteiger partial charge in [-0.25, -0.2) is 4.79 Å². The standard InChI is InChI=1S/C13H20N2O2/c1-10(2)14-8-9-15-12-6-4-11(5-7-12)13(16)17-3/h4-7,10,14-15H,8-9H2,1-3H3. The van der Waals surface area contributed by atoms with Crippen molar-refractivity contribution < 1.29 is 9.53 Å². The number of carbonyl (C=O) groups excluding carboxylic acids is 1. The summed E-state index contributed by atoms with van der Waals surface area (Å²) in [7, 11) is 1.38. The summed E-state index contributed by atoms with van der Waals surface area (Å²) in [5.74, 6) is -0.307. The lowest BCUT2D eigenvalue weighted by molar-refractivity contribution is 0.0601. The van der Waals surface area contributed by atoms with Gasteiger partial charge >= 0.3 is 5.97 Å². The second-order valence-corrected chi connectivity index (χ2v) is 4.10. The highest BCUT2D eigenvalue weighted by molar-refractivity contribution is 5.89.